The summed E-state index contributed by atoms with van der Waals surface area (Å²) >= 11 is 0. The highest BCUT2D eigenvalue weighted by molar-refractivity contribution is 5.92. The standard InChI is InChI=1S/C25H20N4O6/c30-12-19-6-8-22(21(13-31)27-19)29-11-17-9-15(1-7-20(17)23(29)14-32)10-26-25(35)28-18-4-2-16(3-5-18)24(33)34/h1-5,7,9,22,27H,6,8,10-11H2,(H,33,34)(H2,26,28,35). The van der Waals surface area contributed by atoms with Crippen LogP contribution in [0.15, 0.2) is 53.9 Å². The van der Waals surface area contributed by atoms with E-state index in [9.17, 15) is 24.0 Å². The molecule has 2 heterocycles. The van der Waals surface area contributed by atoms with Gasteiger partial charge in [0, 0.05) is 30.8 Å². The summed E-state index contributed by atoms with van der Waals surface area (Å²) in [5, 5.41) is 17.1. The number of allylic oxidation sites excluding steroid dienone is 1. The number of amides is 2. The zero-order valence-electron chi connectivity index (χ0n) is 18.4. The van der Waals surface area contributed by atoms with Crippen molar-refractivity contribution in [1.82, 2.24) is 15.5 Å². The van der Waals surface area contributed by atoms with Crippen molar-refractivity contribution in [2.24, 2.45) is 0 Å². The number of fused-ring (bicyclic) bond motifs is 1. The van der Waals surface area contributed by atoms with Crippen LogP contribution in [0.1, 0.15) is 39.9 Å². The highest BCUT2D eigenvalue weighted by Gasteiger charge is 2.35. The van der Waals surface area contributed by atoms with E-state index in [0.717, 1.165) is 11.1 Å². The molecule has 2 aromatic carbocycles. The average Bonchev–Trinajstić information content (AvgIpc) is 3.24. The first-order valence-corrected chi connectivity index (χ1v) is 10.7. The molecule has 0 bridgehead atoms. The van der Waals surface area contributed by atoms with Crippen molar-refractivity contribution < 1.29 is 29.1 Å². The van der Waals surface area contributed by atoms with Gasteiger partial charge in [0.15, 0.2) is 5.94 Å². The van der Waals surface area contributed by atoms with Crippen molar-refractivity contribution in [2.75, 3.05) is 5.32 Å². The summed E-state index contributed by atoms with van der Waals surface area (Å²) in [5.41, 5.74) is 3.66. The molecule has 4 N–H and O–H groups in total. The number of aromatic carboxylic acids is 1. The summed E-state index contributed by atoms with van der Waals surface area (Å²) < 4.78 is 0. The van der Waals surface area contributed by atoms with E-state index in [4.69, 9.17) is 5.11 Å². The van der Waals surface area contributed by atoms with Crippen molar-refractivity contribution >= 4 is 41.2 Å². The van der Waals surface area contributed by atoms with Gasteiger partial charge >= 0.3 is 12.0 Å². The second kappa shape index (κ2) is 9.95. The van der Waals surface area contributed by atoms with E-state index >= 15 is 0 Å². The van der Waals surface area contributed by atoms with Crippen LogP contribution in [0.3, 0.4) is 0 Å². The number of carbonyl (C=O) groups is 2. The van der Waals surface area contributed by atoms with Crippen LogP contribution < -0.4 is 16.0 Å². The Morgan fingerprint density at radius 1 is 1.06 bits per heavy atom. The van der Waals surface area contributed by atoms with Gasteiger partial charge in [-0.25, -0.2) is 24.0 Å². The van der Waals surface area contributed by atoms with Gasteiger partial charge in [-0.2, -0.15) is 0 Å². The zero-order valence-corrected chi connectivity index (χ0v) is 18.4. The minimum absolute atomic E-state index is 0.118. The van der Waals surface area contributed by atoms with E-state index in [0.29, 0.717) is 36.3 Å². The fourth-order valence-corrected chi connectivity index (χ4v) is 4.19. The predicted octanol–water partition coefficient (Wildman–Crippen LogP) is 1.88. The number of benzene rings is 2. The maximum atomic E-state index is 12.2. The molecule has 1 saturated heterocycles. The van der Waals surface area contributed by atoms with Gasteiger partial charge in [-0.05, 0) is 41.8 Å². The van der Waals surface area contributed by atoms with E-state index in [1.165, 1.54) is 24.3 Å². The number of rotatable bonds is 5. The van der Waals surface area contributed by atoms with Crippen LogP contribution in [0.2, 0.25) is 0 Å². The maximum Gasteiger partial charge on any atom is 0.335 e. The minimum Gasteiger partial charge on any atom is -0.478 e. The van der Waals surface area contributed by atoms with Crippen molar-refractivity contribution in [2.45, 2.75) is 32.0 Å². The van der Waals surface area contributed by atoms with E-state index in [1.807, 2.05) is 17.9 Å². The number of nitrogens with one attached hydrogen (secondary N) is 3. The molecule has 0 spiro atoms. The Bertz CT molecular complexity index is 1350. The fraction of sp³-hybridized carbons (Fsp3) is 0.200. The van der Waals surface area contributed by atoms with Crippen molar-refractivity contribution in [3.8, 4) is 0 Å². The molecule has 0 aliphatic carbocycles. The smallest absolute Gasteiger partial charge is 0.335 e. The Kier molecular flexibility index (Phi) is 6.62. The molecule has 176 valence electrons. The second-order valence-corrected chi connectivity index (χ2v) is 8.04. The van der Waals surface area contributed by atoms with Crippen molar-refractivity contribution in [1.29, 1.82) is 0 Å². The maximum absolute atomic E-state index is 12.2. The molecule has 2 aliphatic rings. The SMILES string of the molecule is O=C=C1CCC(N2Cc3cc(CNC(=O)Nc4ccc(C(=O)O)cc4)ccc3C2=C=O)C(=C=O)N1. The molecule has 35 heavy (non-hydrogen) atoms. The molecule has 0 aromatic heterocycles. The largest absolute Gasteiger partial charge is 0.478 e. The first kappa shape index (κ1) is 23.3. The molecule has 0 radical (unpaired) electrons. The Balaban J connectivity index is 1.42. The van der Waals surface area contributed by atoms with Gasteiger partial charge < -0.3 is 26.0 Å². The summed E-state index contributed by atoms with van der Waals surface area (Å²) in [6, 6.07) is 10.3. The second-order valence-electron chi connectivity index (χ2n) is 8.04. The third-order valence-electron chi connectivity index (χ3n) is 5.89. The summed E-state index contributed by atoms with van der Waals surface area (Å²) in [7, 11) is 0. The first-order chi connectivity index (χ1) is 16.9. The van der Waals surface area contributed by atoms with Crippen LogP contribution >= 0.6 is 0 Å². The zero-order chi connectivity index (χ0) is 24.9. The molecule has 2 amide bonds. The average molecular weight is 472 g/mol. The number of carboxylic acid groups (broad SMARTS) is 1. The van der Waals surface area contributed by atoms with Gasteiger partial charge in [0.05, 0.1) is 11.6 Å². The summed E-state index contributed by atoms with van der Waals surface area (Å²) in [6.07, 6.45) is 0.838. The minimum atomic E-state index is -1.05. The molecule has 10 nitrogen and oxygen atoms in total. The Hall–Kier alpha value is -4.87. The Morgan fingerprint density at radius 2 is 1.83 bits per heavy atom. The normalized spacial score (nSPS) is 16.4. The van der Waals surface area contributed by atoms with Gasteiger partial charge in [0.2, 0.25) is 0 Å². The number of anilines is 1. The number of hydrogen-bond donors (Lipinski definition) is 4. The first-order valence-electron chi connectivity index (χ1n) is 10.7. The van der Waals surface area contributed by atoms with Crippen LogP contribution in [-0.2, 0) is 27.5 Å². The fourth-order valence-electron chi connectivity index (χ4n) is 4.19. The van der Waals surface area contributed by atoms with Crippen molar-refractivity contribution in [3.05, 3.63) is 76.1 Å². The van der Waals surface area contributed by atoms with Gasteiger partial charge in [0.25, 0.3) is 0 Å². The predicted molar refractivity (Wildman–Crippen MR) is 125 cm³/mol. The third-order valence-corrected chi connectivity index (χ3v) is 5.89. The van der Waals surface area contributed by atoms with Gasteiger partial charge in [-0.1, -0.05) is 18.2 Å². The van der Waals surface area contributed by atoms with E-state index in [1.54, 1.807) is 23.0 Å². The molecular weight excluding hydrogens is 452 g/mol. The number of nitrogens with zero attached hydrogens (tertiary/aromatic N) is 1. The van der Waals surface area contributed by atoms with Gasteiger partial charge in [-0.15, -0.1) is 0 Å². The highest BCUT2D eigenvalue weighted by atomic mass is 16.4. The quantitative estimate of drug-likeness (QED) is 0.483. The Labute approximate surface area is 199 Å². The van der Waals surface area contributed by atoms with E-state index < -0.39 is 18.0 Å². The molecular formula is C25H20N4O6. The molecule has 1 unspecified atom stereocenters. The number of piperidine rings is 1. The monoisotopic (exact) mass is 472 g/mol. The molecule has 10 heteroatoms. The number of carbonyl (C=O) groups excluding carboxylic acids is 4. The van der Waals surface area contributed by atoms with Crippen LogP contribution in [0.5, 0.6) is 0 Å². The summed E-state index contributed by atoms with van der Waals surface area (Å²) in [6.45, 7) is 0.567. The number of urea groups is 1. The van der Waals surface area contributed by atoms with E-state index in [-0.39, 0.29) is 23.5 Å². The molecule has 2 aliphatic heterocycles. The van der Waals surface area contributed by atoms with Crippen LogP contribution in [-0.4, -0.2) is 45.9 Å². The lowest BCUT2D eigenvalue weighted by Gasteiger charge is -2.33. The number of carboxylic acids is 1. The van der Waals surface area contributed by atoms with Gasteiger partial charge in [0.1, 0.15) is 29.0 Å². The van der Waals surface area contributed by atoms with Gasteiger partial charge in [-0.3, -0.25) is 0 Å². The third kappa shape index (κ3) is 4.90. The molecule has 2 aromatic rings. The van der Waals surface area contributed by atoms with Crippen LogP contribution in [0.25, 0.3) is 5.70 Å². The molecule has 4 rings (SSSR count). The van der Waals surface area contributed by atoms with Crippen LogP contribution in [0.4, 0.5) is 10.5 Å². The summed E-state index contributed by atoms with van der Waals surface area (Å²) in [5.74, 6) is 4.51. The molecule has 1 atom stereocenters. The van der Waals surface area contributed by atoms with E-state index in [2.05, 4.69) is 16.0 Å². The summed E-state index contributed by atoms with van der Waals surface area (Å²) in [4.78, 5) is 59.1. The topological polar surface area (TPSA) is 145 Å². The lowest BCUT2D eigenvalue weighted by Crippen LogP contribution is -2.41. The lowest BCUT2D eigenvalue weighted by atomic mass is 10.0. The number of hydrogen-bond acceptors (Lipinski definition) is 7. The lowest BCUT2D eigenvalue weighted by molar-refractivity contribution is 0.0697. The van der Waals surface area contributed by atoms with Crippen LogP contribution in [0, 0.1) is 0 Å². The Morgan fingerprint density at radius 3 is 2.49 bits per heavy atom. The highest BCUT2D eigenvalue weighted by Crippen LogP contribution is 2.37. The molecule has 1 fully saturated rings. The van der Waals surface area contributed by atoms with Crippen molar-refractivity contribution in [3.63, 3.8) is 0 Å². The molecule has 0 saturated carbocycles.